The van der Waals surface area contributed by atoms with Crippen LogP contribution in [-0.2, 0) is 11.2 Å². The molecular formula is C21H33IN4O2. The number of nitrogens with one attached hydrogen (secondary N) is 1. The molecule has 0 radical (unpaired) electrons. The quantitative estimate of drug-likeness (QED) is 0.370. The Hall–Kier alpha value is -1.35. The summed E-state index contributed by atoms with van der Waals surface area (Å²) in [6.45, 7) is 5.97. The molecule has 1 aromatic carbocycles. The van der Waals surface area contributed by atoms with Crippen LogP contribution in [0.4, 0.5) is 0 Å². The molecule has 1 aromatic rings. The first-order valence-corrected chi connectivity index (χ1v) is 10.2. The number of amides is 1. The van der Waals surface area contributed by atoms with Gasteiger partial charge in [-0.2, -0.15) is 0 Å². The minimum Gasteiger partial charge on any atom is -0.391 e. The van der Waals surface area contributed by atoms with Gasteiger partial charge in [-0.1, -0.05) is 30.3 Å². The predicted molar refractivity (Wildman–Crippen MR) is 123 cm³/mol. The van der Waals surface area contributed by atoms with E-state index in [2.05, 4.69) is 40.6 Å². The Bertz CT molecular complexity index is 633. The van der Waals surface area contributed by atoms with E-state index in [1.54, 1.807) is 0 Å². The average molecular weight is 500 g/mol. The molecule has 0 aromatic heterocycles. The highest BCUT2D eigenvalue weighted by Crippen LogP contribution is 2.21. The lowest BCUT2D eigenvalue weighted by Gasteiger charge is -2.32. The molecule has 28 heavy (non-hydrogen) atoms. The van der Waals surface area contributed by atoms with E-state index in [1.807, 2.05) is 16.7 Å². The first-order chi connectivity index (χ1) is 13.2. The van der Waals surface area contributed by atoms with Gasteiger partial charge in [0.05, 0.1) is 6.10 Å². The summed E-state index contributed by atoms with van der Waals surface area (Å²) < 4.78 is 0. The summed E-state index contributed by atoms with van der Waals surface area (Å²) >= 11 is 0. The van der Waals surface area contributed by atoms with Crippen LogP contribution in [-0.4, -0.2) is 72.1 Å². The minimum atomic E-state index is -0.298. The molecule has 2 N–H and O–H groups in total. The predicted octanol–water partition coefficient (Wildman–Crippen LogP) is 2.12. The van der Waals surface area contributed by atoms with Gasteiger partial charge >= 0.3 is 0 Å². The van der Waals surface area contributed by atoms with E-state index in [4.69, 9.17) is 0 Å². The van der Waals surface area contributed by atoms with Crippen molar-refractivity contribution in [3.8, 4) is 0 Å². The molecule has 7 heteroatoms. The second-order valence-corrected chi connectivity index (χ2v) is 7.57. The summed E-state index contributed by atoms with van der Waals surface area (Å²) in [5, 5.41) is 13.0. The normalized spacial score (nSPS) is 20.8. The van der Waals surface area contributed by atoms with Crippen LogP contribution in [0.5, 0.6) is 0 Å². The van der Waals surface area contributed by atoms with Crippen molar-refractivity contribution in [2.24, 2.45) is 10.9 Å². The maximum absolute atomic E-state index is 12.6. The first kappa shape index (κ1) is 22.9. The number of hydrogen-bond donors (Lipinski definition) is 2. The third-order valence-corrected chi connectivity index (χ3v) is 5.50. The van der Waals surface area contributed by atoms with Crippen molar-refractivity contribution in [1.82, 2.24) is 15.1 Å². The zero-order valence-electron chi connectivity index (χ0n) is 16.7. The molecule has 2 aliphatic rings. The highest BCUT2D eigenvalue weighted by Gasteiger charge is 2.25. The highest BCUT2D eigenvalue weighted by molar-refractivity contribution is 14.0. The fourth-order valence-electron chi connectivity index (χ4n) is 3.94. The van der Waals surface area contributed by atoms with Crippen molar-refractivity contribution in [3.05, 3.63) is 35.9 Å². The fraction of sp³-hybridized carbons (Fsp3) is 0.619. The average Bonchev–Trinajstić information content (AvgIpc) is 3.12. The maximum atomic E-state index is 12.6. The van der Waals surface area contributed by atoms with E-state index in [9.17, 15) is 9.90 Å². The van der Waals surface area contributed by atoms with Gasteiger partial charge in [0.25, 0.3) is 0 Å². The number of aliphatic imine (C=N–C) groups is 1. The van der Waals surface area contributed by atoms with Gasteiger partial charge in [-0.3, -0.25) is 4.79 Å². The molecule has 6 nitrogen and oxygen atoms in total. The largest absolute Gasteiger partial charge is 0.391 e. The monoisotopic (exact) mass is 500 g/mol. The van der Waals surface area contributed by atoms with Crippen molar-refractivity contribution in [3.63, 3.8) is 0 Å². The van der Waals surface area contributed by atoms with Crippen LogP contribution in [0.2, 0.25) is 0 Å². The molecule has 2 aliphatic heterocycles. The number of guanidine groups is 1. The van der Waals surface area contributed by atoms with E-state index in [0.29, 0.717) is 12.5 Å². The molecule has 0 spiro atoms. The number of aliphatic hydroxyl groups is 1. The van der Waals surface area contributed by atoms with E-state index >= 15 is 0 Å². The Morgan fingerprint density at radius 3 is 2.43 bits per heavy atom. The molecule has 0 saturated carbocycles. The molecule has 0 bridgehead atoms. The van der Waals surface area contributed by atoms with Crippen LogP contribution >= 0.6 is 24.0 Å². The van der Waals surface area contributed by atoms with Gasteiger partial charge in [0.1, 0.15) is 6.54 Å². The van der Waals surface area contributed by atoms with Gasteiger partial charge in [-0.25, -0.2) is 4.99 Å². The summed E-state index contributed by atoms with van der Waals surface area (Å²) in [7, 11) is 0. The van der Waals surface area contributed by atoms with Gasteiger partial charge in [0, 0.05) is 32.7 Å². The topological polar surface area (TPSA) is 68.2 Å². The number of rotatable bonds is 5. The van der Waals surface area contributed by atoms with Crippen molar-refractivity contribution < 1.29 is 9.90 Å². The third kappa shape index (κ3) is 6.62. The Morgan fingerprint density at radius 2 is 1.82 bits per heavy atom. The summed E-state index contributed by atoms with van der Waals surface area (Å²) in [6.07, 6.45) is 3.68. The number of hydrogen-bond acceptors (Lipinski definition) is 3. The van der Waals surface area contributed by atoms with Crippen LogP contribution in [0.1, 0.15) is 31.7 Å². The molecule has 1 amide bonds. The van der Waals surface area contributed by atoms with E-state index in [-0.39, 0.29) is 42.5 Å². The SMILES string of the molecule is CCNC(=NCC(=O)N1CCC(Cc2ccccc2)CC1)N1CC[C@@H](O)C1.I. The van der Waals surface area contributed by atoms with Gasteiger partial charge in [0.15, 0.2) is 5.96 Å². The number of nitrogens with zero attached hydrogens (tertiary/aromatic N) is 3. The molecule has 2 fully saturated rings. The second-order valence-electron chi connectivity index (χ2n) is 7.57. The number of benzene rings is 1. The molecule has 0 aliphatic carbocycles. The van der Waals surface area contributed by atoms with Crippen molar-refractivity contribution in [2.45, 2.75) is 38.7 Å². The van der Waals surface area contributed by atoms with Gasteiger partial charge < -0.3 is 20.2 Å². The lowest BCUT2D eigenvalue weighted by atomic mass is 9.90. The van der Waals surface area contributed by atoms with Crippen LogP contribution in [0, 0.1) is 5.92 Å². The van der Waals surface area contributed by atoms with Gasteiger partial charge in [0.2, 0.25) is 5.91 Å². The van der Waals surface area contributed by atoms with E-state index < -0.39 is 0 Å². The molecule has 1 atom stereocenters. The Labute approximate surface area is 185 Å². The van der Waals surface area contributed by atoms with E-state index in [0.717, 1.165) is 57.8 Å². The molecule has 156 valence electrons. The second kappa shape index (κ2) is 11.6. The highest BCUT2D eigenvalue weighted by atomic mass is 127. The Morgan fingerprint density at radius 1 is 1.14 bits per heavy atom. The van der Waals surface area contributed by atoms with Crippen molar-refractivity contribution >= 4 is 35.8 Å². The summed E-state index contributed by atoms with van der Waals surface area (Å²) in [5.74, 6) is 1.49. The van der Waals surface area contributed by atoms with Crippen molar-refractivity contribution in [1.29, 1.82) is 0 Å². The number of carbonyl (C=O) groups is 1. The Kier molecular flexibility index (Phi) is 9.50. The fourth-order valence-corrected chi connectivity index (χ4v) is 3.94. The lowest BCUT2D eigenvalue weighted by Crippen LogP contribution is -2.43. The van der Waals surface area contributed by atoms with Crippen LogP contribution in [0.15, 0.2) is 35.3 Å². The standard InChI is InChI=1S/C21H32N4O2.HI/c1-2-22-21(25-13-10-19(26)16-25)23-15-20(27)24-11-8-18(9-12-24)14-17-6-4-3-5-7-17;/h3-7,18-19,26H,2,8-16H2,1H3,(H,22,23);1H/t19-;/m1./s1. The summed E-state index contributed by atoms with van der Waals surface area (Å²) in [4.78, 5) is 21.1. The van der Waals surface area contributed by atoms with Crippen LogP contribution in [0.25, 0.3) is 0 Å². The Balaban J connectivity index is 0.00000280. The lowest BCUT2D eigenvalue weighted by molar-refractivity contribution is -0.131. The molecule has 0 unspecified atom stereocenters. The first-order valence-electron chi connectivity index (χ1n) is 10.2. The zero-order chi connectivity index (χ0) is 19.1. The van der Waals surface area contributed by atoms with E-state index in [1.165, 1.54) is 5.56 Å². The molecular weight excluding hydrogens is 467 g/mol. The maximum Gasteiger partial charge on any atom is 0.244 e. The number of carbonyl (C=O) groups excluding carboxylic acids is 1. The van der Waals surface area contributed by atoms with Gasteiger partial charge in [-0.05, 0) is 44.1 Å². The molecule has 3 rings (SSSR count). The number of likely N-dealkylation sites (tertiary alicyclic amines) is 2. The smallest absolute Gasteiger partial charge is 0.244 e. The molecule has 2 heterocycles. The summed E-state index contributed by atoms with van der Waals surface area (Å²) in [6, 6.07) is 10.6. The minimum absolute atomic E-state index is 0. The van der Waals surface area contributed by atoms with Crippen LogP contribution in [0.3, 0.4) is 0 Å². The third-order valence-electron chi connectivity index (χ3n) is 5.50. The molecule has 2 saturated heterocycles. The zero-order valence-corrected chi connectivity index (χ0v) is 19.0. The van der Waals surface area contributed by atoms with Crippen LogP contribution < -0.4 is 5.32 Å². The summed E-state index contributed by atoms with van der Waals surface area (Å²) in [5.41, 5.74) is 1.38. The number of aliphatic hydroxyl groups excluding tert-OH is 1. The number of piperidine rings is 1. The number of β-amino-alcohol motifs (C(OH)–C–C–N with tert-alkyl or cyclic N) is 1. The van der Waals surface area contributed by atoms with Crippen molar-refractivity contribution in [2.75, 3.05) is 39.3 Å². The number of halogens is 1. The van der Waals surface area contributed by atoms with Gasteiger partial charge in [-0.15, -0.1) is 24.0 Å².